The second-order valence-corrected chi connectivity index (χ2v) is 6.56. The van der Waals surface area contributed by atoms with E-state index in [1.54, 1.807) is 25.3 Å². The van der Waals surface area contributed by atoms with Gasteiger partial charge in [-0.05, 0) is 41.8 Å². The first-order chi connectivity index (χ1) is 14.9. The van der Waals surface area contributed by atoms with E-state index in [2.05, 4.69) is 10.1 Å². The molecule has 2 aromatic carbocycles. The molecule has 9 nitrogen and oxygen atoms in total. The Hall–Kier alpha value is -3.59. The Kier molecular flexibility index (Phi) is 8.83. The van der Waals surface area contributed by atoms with Crippen molar-refractivity contribution >= 4 is 17.8 Å². The number of nitrogens with one attached hydrogen (secondary N) is 1. The third-order valence-electron chi connectivity index (χ3n) is 4.44. The van der Waals surface area contributed by atoms with Crippen molar-refractivity contribution in [1.29, 1.82) is 0 Å². The lowest BCUT2D eigenvalue weighted by atomic mass is 10.0. The van der Waals surface area contributed by atoms with Gasteiger partial charge in [0.15, 0.2) is 6.61 Å². The molecule has 31 heavy (non-hydrogen) atoms. The van der Waals surface area contributed by atoms with Crippen LogP contribution in [-0.4, -0.2) is 51.8 Å². The fraction of sp³-hybridized carbons (Fsp3) is 0.318. The van der Waals surface area contributed by atoms with E-state index in [0.29, 0.717) is 12.1 Å². The lowest BCUT2D eigenvalue weighted by Gasteiger charge is -2.15. The molecular formula is C22H26N2O7. The Morgan fingerprint density at radius 1 is 0.968 bits per heavy atom. The first-order valence-electron chi connectivity index (χ1n) is 9.45. The molecule has 0 aromatic heterocycles. The third kappa shape index (κ3) is 7.00. The Bertz CT molecular complexity index is 913. The van der Waals surface area contributed by atoms with Gasteiger partial charge >= 0.3 is 11.9 Å². The molecule has 0 saturated carbocycles. The highest BCUT2D eigenvalue weighted by molar-refractivity contribution is 5.93. The third-order valence-corrected chi connectivity index (χ3v) is 4.44. The van der Waals surface area contributed by atoms with Gasteiger partial charge in [-0.25, -0.2) is 9.59 Å². The maximum atomic E-state index is 12.4. The molecule has 0 spiro atoms. The second-order valence-electron chi connectivity index (χ2n) is 6.56. The number of benzene rings is 2. The summed E-state index contributed by atoms with van der Waals surface area (Å²) in [6.07, 6.45) is 0.190. The topological polar surface area (TPSA) is 126 Å². The van der Waals surface area contributed by atoms with Crippen molar-refractivity contribution in [3.63, 3.8) is 0 Å². The van der Waals surface area contributed by atoms with Crippen LogP contribution in [0.2, 0.25) is 0 Å². The molecule has 0 radical (unpaired) electrons. The van der Waals surface area contributed by atoms with Crippen molar-refractivity contribution in [2.75, 3.05) is 27.9 Å². The van der Waals surface area contributed by atoms with Gasteiger partial charge in [0.2, 0.25) is 5.91 Å². The van der Waals surface area contributed by atoms with Crippen LogP contribution < -0.4 is 20.5 Å². The molecule has 0 unspecified atom stereocenters. The minimum Gasteiger partial charge on any atom is -0.497 e. The zero-order valence-electron chi connectivity index (χ0n) is 17.7. The van der Waals surface area contributed by atoms with E-state index >= 15 is 0 Å². The number of esters is 2. The van der Waals surface area contributed by atoms with E-state index in [-0.39, 0.29) is 30.2 Å². The van der Waals surface area contributed by atoms with Gasteiger partial charge in [-0.15, -0.1) is 0 Å². The smallest absolute Gasteiger partial charge is 0.343 e. The largest absolute Gasteiger partial charge is 0.497 e. The zero-order valence-corrected chi connectivity index (χ0v) is 17.7. The van der Waals surface area contributed by atoms with Crippen molar-refractivity contribution in [3.05, 3.63) is 59.2 Å². The van der Waals surface area contributed by atoms with E-state index in [1.807, 2.05) is 12.1 Å². The standard InChI is InChI=1S/C22H26N2O7/c1-28-16-7-4-14(5-8-16)12-24-21(26)18(23)11-15-6-9-19(31-13-20(25)29-2)17(10-15)22(27)30-3/h4-10,18H,11-13,23H2,1-3H3,(H,24,26)/t18-/m0/s1. The lowest BCUT2D eigenvalue weighted by molar-refractivity contribution is -0.142. The first-order valence-corrected chi connectivity index (χ1v) is 9.45. The summed E-state index contributed by atoms with van der Waals surface area (Å²) in [4.78, 5) is 35.7. The van der Waals surface area contributed by atoms with E-state index in [0.717, 1.165) is 11.3 Å². The maximum absolute atomic E-state index is 12.4. The van der Waals surface area contributed by atoms with Crippen molar-refractivity contribution in [3.8, 4) is 11.5 Å². The SMILES string of the molecule is COC(=O)COc1ccc(C[C@H](N)C(=O)NCc2ccc(OC)cc2)cc1C(=O)OC. The highest BCUT2D eigenvalue weighted by Gasteiger charge is 2.19. The fourth-order valence-electron chi connectivity index (χ4n) is 2.71. The van der Waals surface area contributed by atoms with Gasteiger partial charge in [-0.3, -0.25) is 4.79 Å². The molecule has 2 rings (SSSR count). The van der Waals surface area contributed by atoms with Crippen molar-refractivity contribution in [2.45, 2.75) is 19.0 Å². The fourth-order valence-corrected chi connectivity index (χ4v) is 2.71. The molecule has 166 valence electrons. The number of hydrogen-bond donors (Lipinski definition) is 2. The molecule has 1 atom stereocenters. The monoisotopic (exact) mass is 430 g/mol. The van der Waals surface area contributed by atoms with Gasteiger partial charge in [0.05, 0.1) is 27.4 Å². The molecule has 9 heteroatoms. The van der Waals surface area contributed by atoms with Gasteiger partial charge in [-0.2, -0.15) is 0 Å². The summed E-state index contributed by atoms with van der Waals surface area (Å²) < 4.78 is 19.7. The molecule has 1 amide bonds. The number of nitrogens with two attached hydrogens (primary N) is 1. The van der Waals surface area contributed by atoms with Crippen molar-refractivity contribution < 1.29 is 33.3 Å². The molecule has 0 saturated heterocycles. The number of carbonyl (C=O) groups excluding carboxylic acids is 3. The second kappa shape index (κ2) is 11.6. The van der Waals surface area contributed by atoms with Gasteiger partial charge < -0.3 is 30.0 Å². The Morgan fingerprint density at radius 3 is 2.26 bits per heavy atom. The average molecular weight is 430 g/mol. The van der Waals surface area contributed by atoms with Crippen LogP contribution >= 0.6 is 0 Å². The van der Waals surface area contributed by atoms with Gasteiger partial charge in [0.25, 0.3) is 0 Å². The Labute approximate surface area is 180 Å². The number of rotatable bonds is 10. The molecule has 3 N–H and O–H groups in total. The van der Waals surface area contributed by atoms with E-state index in [4.69, 9.17) is 19.9 Å². The minimum absolute atomic E-state index is 0.120. The number of hydrogen-bond acceptors (Lipinski definition) is 8. The summed E-state index contributed by atoms with van der Waals surface area (Å²) in [6, 6.07) is 11.2. The molecule has 2 aromatic rings. The molecule has 0 aliphatic heterocycles. The van der Waals surface area contributed by atoms with Gasteiger partial charge in [0.1, 0.15) is 17.1 Å². The first kappa shape index (κ1) is 23.7. The molecule has 0 heterocycles. The van der Waals surface area contributed by atoms with Crippen LogP contribution in [0.15, 0.2) is 42.5 Å². The maximum Gasteiger partial charge on any atom is 0.343 e. The molecular weight excluding hydrogens is 404 g/mol. The predicted molar refractivity (Wildman–Crippen MR) is 112 cm³/mol. The molecule has 0 aliphatic rings. The van der Waals surface area contributed by atoms with Crippen LogP contribution in [0, 0.1) is 0 Å². The number of ether oxygens (including phenoxy) is 4. The van der Waals surface area contributed by atoms with Crippen LogP contribution in [0.5, 0.6) is 11.5 Å². The number of methoxy groups -OCH3 is 3. The summed E-state index contributed by atoms with van der Waals surface area (Å²) in [5, 5.41) is 2.78. The summed E-state index contributed by atoms with van der Waals surface area (Å²) >= 11 is 0. The van der Waals surface area contributed by atoms with Gasteiger partial charge in [0, 0.05) is 6.54 Å². The quantitative estimate of drug-likeness (QED) is 0.539. The number of carbonyl (C=O) groups is 3. The van der Waals surface area contributed by atoms with Crippen molar-refractivity contribution in [2.24, 2.45) is 5.73 Å². The molecule has 0 bridgehead atoms. The Balaban J connectivity index is 2.01. The summed E-state index contributed by atoms with van der Waals surface area (Å²) in [5.74, 6) is -0.665. The van der Waals surface area contributed by atoms with Crippen LogP contribution in [-0.2, 0) is 32.0 Å². The van der Waals surface area contributed by atoms with E-state index in [9.17, 15) is 14.4 Å². The van der Waals surface area contributed by atoms with Crippen LogP contribution in [0.25, 0.3) is 0 Å². The summed E-state index contributed by atoms with van der Waals surface area (Å²) in [5.41, 5.74) is 7.69. The van der Waals surface area contributed by atoms with E-state index < -0.39 is 18.0 Å². The van der Waals surface area contributed by atoms with Crippen LogP contribution in [0.1, 0.15) is 21.5 Å². The minimum atomic E-state index is -0.828. The van der Waals surface area contributed by atoms with Gasteiger partial charge in [-0.1, -0.05) is 18.2 Å². The normalized spacial score (nSPS) is 11.2. The predicted octanol–water partition coefficient (Wildman–Crippen LogP) is 1.22. The van der Waals surface area contributed by atoms with Crippen LogP contribution in [0.4, 0.5) is 0 Å². The molecule has 0 fully saturated rings. The zero-order chi connectivity index (χ0) is 22.8. The highest BCUT2D eigenvalue weighted by atomic mass is 16.6. The Morgan fingerprint density at radius 2 is 1.65 bits per heavy atom. The van der Waals surface area contributed by atoms with E-state index in [1.165, 1.54) is 26.4 Å². The summed E-state index contributed by atoms with van der Waals surface area (Å²) in [6.45, 7) is -0.0304. The lowest BCUT2D eigenvalue weighted by Crippen LogP contribution is -2.41. The average Bonchev–Trinajstić information content (AvgIpc) is 2.80. The highest BCUT2D eigenvalue weighted by Crippen LogP contribution is 2.22. The van der Waals surface area contributed by atoms with Crippen LogP contribution in [0.3, 0.4) is 0 Å². The van der Waals surface area contributed by atoms with Crippen molar-refractivity contribution in [1.82, 2.24) is 5.32 Å². The molecule has 0 aliphatic carbocycles. The number of amides is 1. The summed E-state index contributed by atoms with van der Waals surface area (Å²) in [7, 11) is 4.05.